The summed E-state index contributed by atoms with van der Waals surface area (Å²) in [7, 11) is 0. The Kier molecular flexibility index (Phi) is 8.37. The Balaban J connectivity index is 1.48. The van der Waals surface area contributed by atoms with Gasteiger partial charge >= 0.3 is 12.3 Å². The van der Waals surface area contributed by atoms with Crippen LogP contribution < -0.4 is 15.8 Å². The molecule has 1 aliphatic heterocycles. The van der Waals surface area contributed by atoms with Gasteiger partial charge in [-0.05, 0) is 74.2 Å². The average Bonchev–Trinajstić information content (AvgIpc) is 3.27. The van der Waals surface area contributed by atoms with Crippen LogP contribution >= 0.6 is 27.5 Å². The first kappa shape index (κ1) is 31.4. The number of piperazine rings is 1. The minimum Gasteiger partial charge on any atom is -0.444 e. The Bertz CT molecular complexity index is 1610. The van der Waals surface area contributed by atoms with Crippen LogP contribution in [-0.4, -0.2) is 72.3 Å². The van der Waals surface area contributed by atoms with E-state index < -0.39 is 23.6 Å². The lowest BCUT2D eigenvalue weighted by Crippen LogP contribution is -2.67. The van der Waals surface area contributed by atoms with Gasteiger partial charge in [0.2, 0.25) is 10.5 Å². The maximum atomic E-state index is 13.9. The minimum absolute atomic E-state index is 0.107. The van der Waals surface area contributed by atoms with Crippen molar-refractivity contribution < 1.29 is 27.8 Å². The quantitative estimate of drug-likeness (QED) is 0.351. The highest BCUT2D eigenvalue weighted by molar-refractivity contribution is 9.10. The first-order chi connectivity index (χ1) is 20.1. The molecule has 2 fully saturated rings. The summed E-state index contributed by atoms with van der Waals surface area (Å²) < 4.78 is 47.9. The summed E-state index contributed by atoms with van der Waals surface area (Å²) in [6.07, 6.45) is -4.35. The molecule has 1 amide bonds. The summed E-state index contributed by atoms with van der Waals surface area (Å²) in [5, 5.41) is 17.8. The zero-order valence-electron chi connectivity index (χ0n) is 24.0. The summed E-state index contributed by atoms with van der Waals surface area (Å²) in [4.78, 5) is 34.9. The van der Waals surface area contributed by atoms with Crippen LogP contribution in [0.3, 0.4) is 0 Å². The van der Waals surface area contributed by atoms with Gasteiger partial charge in [0.15, 0.2) is 0 Å². The van der Waals surface area contributed by atoms with Gasteiger partial charge < -0.3 is 29.5 Å². The van der Waals surface area contributed by atoms with Crippen molar-refractivity contribution in [2.45, 2.75) is 83.6 Å². The van der Waals surface area contributed by atoms with Crippen LogP contribution in [0, 0.1) is 0 Å². The number of amides is 1. The molecule has 3 aromatic rings. The van der Waals surface area contributed by atoms with E-state index in [-0.39, 0.29) is 51.5 Å². The highest BCUT2D eigenvalue weighted by Crippen LogP contribution is 2.38. The lowest BCUT2D eigenvalue weighted by molar-refractivity contribution is -0.137. The van der Waals surface area contributed by atoms with Crippen molar-refractivity contribution in [2.75, 3.05) is 23.3 Å². The number of aromatic nitrogens is 4. The zero-order chi connectivity index (χ0) is 31.4. The number of aliphatic hydroxyl groups excluding tert-OH is 1. The molecule has 16 heteroatoms. The Morgan fingerprint density at radius 1 is 1.23 bits per heavy atom. The number of anilines is 2. The van der Waals surface area contributed by atoms with E-state index in [1.165, 1.54) is 0 Å². The van der Waals surface area contributed by atoms with Gasteiger partial charge in [0, 0.05) is 24.8 Å². The topological polar surface area (TPSA) is 117 Å². The van der Waals surface area contributed by atoms with Crippen molar-refractivity contribution in [3.63, 3.8) is 0 Å². The second kappa shape index (κ2) is 11.5. The van der Waals surface area contributed by atoms with E-state index in [0.717, 1.165) is 35.6 Å². The molecule has 3 unspecified atom stereocenters. The van der Waals surface area contributed by atoms with Gasteiger partial charge in [-0.25, -0.2) is 4.79 Å². The fourth-order valence-electron chi connectivity index (χ4n) is 5.67. The van der Waals surface area contributed by atoms with Crippen molar-refractivity contribution in [1.29, 1.82) is 0 Å². The maximum absolute atomic E-state index is 13.9. The Morgan fingerprint density at radius 2 is 1.93 bits per heavy atom. The summed E-state index contributed by atoms with van der Waals surface area (Å²) in [5.41, 5.74) is -0.839. The first-order valence-corrected chi connectivity index (χ1v) is 15.0. The fourth-order valence-corrected chi connectivity index (χ4v) is 6.22. The molecule has 0 spiro atoms. The second-order valence-corrected chi connectivity index (χ2v) is 12.7. The van der Waals surface area contributed by atoms with E-state index in [0.29, 0.717) is 30.9 Å². The number of nitrogens with zero attached hydrogens (tertiary/aromatic N) is 6. The van der Waals surface area contributed by atoms with Crippen LogP contribution in [0.2, 0.25) is 5.02 Å². The molecule has 234 valence electrons. The second-order valence-electron chi connectivity index (χ2n) is 11.6. The number of aliphatic hydroxyl groups is 1. The molecule has 1 aliphatic carbocycles. The molecule has 0 radical (unpaired) electrons. The van der Waals surface area contributed by atoms with Crippen molar-refractivity contribution in [3.05, 3.63) is 49.6 Å². The normalized spacial score (nSPS) is 19.7. The van der Waals surface area contributed by atoms with E-state index in [9.17, 15) is 27.9 Å². The molecule has 1 aromatic carbocycles. The lowest BCUT2D eigenvalue weighted by atomic mass is 9.81. The molecular weight excluding hydrogens is 659 g/mol. The molecule has 2 N–H and O–H groups in total. The third kappa shape index (κ3) is 6.16. The van der Waals surface area contributed by atoms with Gasteiger partial charge in [-0.3, -0.25) is 4.79 Å². The first-order valence-electron chi connectivity index (χ1n) is 13.8. The van der Waals surface area contributed by atoms with Crippen LogP contribution in [0.15, 0.2) is 27.7 Å². The molecule has 5 rings (SSSR count). The number of hydrogen-bond acceptors (Lipinski definition) is 8. The van der Waals surface area contributed by atoms with Gasteiger partial charge in [-0.1, -0.05) is 18.5 Å². The minimum atomic E-state index is -4.56. The van der Waals surface area contributed by atoms with Gasteiger partial charge in [-0.15, -0.1) is 5.10 Å². The fraction of sp³-hybridized carbons (Fsp3) is 0.556. The molecule has 11 nitrogen and oxygen atoms in total. The van der Waals surface area contributed by atoms with Gasteiger partial charge in [0.1, 0.15) is 17.5 Å². The molecule has 1 saturated heterocycles. The molecule has 2 aliphatic rings. The summed E-state index contributed by atoms with van der Waals surface area (Å²) in [6.45, 7) is 7.92. The summed E-state index contributed by atoms with van der Waals surface area (Å²) >= 11 is 9.33. The van der Waals surface area contributed by atoms with Crippen molar-refractivity contribution >= 4 is 50.8 Å². The van der Waals surface area contributed by atoms with E-state index in [4.69, 9.17) is 16.3 Å². The molecular formula is C27H32BrClF3N7O4. The number of carbonyl (C=O) groups excluding carboxylic acids is 1. The number of carbonyl (C=O) groups is 1. The largest absolute Gasteiger partial charge is 0.444 e. The maximum Gasteiger partial charge on any atom is 0.416 e. The monoisotopic (exact) mass is 689 g/mol. The third-order valence-electron chi connectivity index (χ3n) is 7.61. The summed E-state index contributed by atoms with van der Waals surface area (Å²) in [6, 6.07) is 2.55. The Hall–Kier alpha value is -3.04. The number of halogens is 5. The molecule has 3 atom stereocenters. The number of ether oxygens (including phenoxy) is 1. The highest BCUT2D eigenvalue weighted by atomic mass is 79.9. The number of nitrogens with one attached hydrogen (secondary N) is 1. The van der Waals surface area contributed by atoms with Crippen LogP contribution in [0.4, 0.5) is 29.3 Å². The molecule has 1 saturated carbocycles. The van der Waals surface area contributed by atoms with Crippen LogP contribution in [0.25, 0.3) is 5.78 Å². The van der Waals surface area contributed by atoms with Crippen molar-refractivity contribution in [1.82, 2.24) is 24.1 Å². The van der Waals surface area contributed by atoms with E-state index >= 15 is 0 Å². The predicted molar refractivity (Wildman–Crippen MR) is 158 cm³/mol. The molecule has 0 bridgehead atoms. The molecule has 2 aromatic heterocycles. The van der Waals surface area contributed by atoms with E-state index in [2.05, 4.69) is 31.3 Å². The van der Waals surface area contributed by atoms with Crippen LogP contribution in [0.5, 0.6) is 0 Å². The predicted octanol–water partition coefficient (Wildman–Crippen LogP) is 4.91. The standard InChI is InChI=1S/C27H32BrClF3N7O4/c1-5-17-21(36-10-11-37(19-9-8-18(19)36)25(42)43-26(2,3)4)22(41)39-24(34-23(28)35-39)38(17)13-20(40)33-16-7-6-14(12-15(16)29)27(30,31)32/h6-7,12,18-20,33,40H,5,8-11,13H2,1-4H3. The van der Waals surface area contributed by atoms with Crippen molar-refractivity contribution in [2.24, 2.45) is 0 Å². The highest BCUT2D eigenvalue weighted by Gasteiger charge is 2.47. The van der Waals surface area contributed by atoms with Crippen LogP contribution in [0.1, 0.15) is 51.8 Å². The average molecular weight is 691 g/mol. The lowest BCUT2D eigenvalue weighted by Gasteiger charge is -2.54. The number of hydrogen-bond donors (Lipinski definition) is 2. The smallest absolute Gasteiger partial charge is 0.416 e. The number of alkyl halides is 3. The van der Waals surface area contributed by atoms with E-state index in [1.54, 1.807) is 9.47 Å². The van der Waals surface area contributed by atoms with Gasteiger partial charge in [0.25, 0.3) is 5.56 Å². The van der Waals surface area contributed by atoms with Gasteiger partial charge in [-0.2, -0.15) is 22.7 Å². The third-order valence-corrected chi connectivity index (χ3v) is 8.26. The van der Waals surface area contributed by atoms with Crippen LogP contribution in [-0.2, 0) is 23.9 Å². The van der Waals surface area contributed by atoms with Crippen molar-refractivity contribution in [3.8, 4) is 0 Å². The van der Waals surface area contributed by atoms with Gasteiger partial charge in [0.05, 0.1) is 28.9 Å². The summed E-state index contributed by atoms with van der Waals surface area (Å²) in [5.74, 6) is 0.175. The molecule has 3 heterocycles. The Labute approximate surface area is 258 Å². The number of fused-ring (bicyclic) bond motifs is 2. The van der Waals surface area contributed by atoms with E-state index in [1.807, 2.05) is 32.6 Å². The number of benzene rings is 1. The number of rotatable bonds is 6. The molecule has 43 heavy (non-hydrogen) atoms. The Morgan fingerprint density at radius 3 is 2.51 bits per heavy atom. The SMILES string of the molecule is CCc1c(N2CCN(C(=O)OC(C)(C)C)C3CCC32)c(=O)n2nc(Br)nc2n1CC(O)Nc1ccc(C(F)(F)F)cc1Cl. The zero-order valence-corrected chi connectivity index (χ0v) is 26.3.